The first kappa shape index (κ1) is 12.2. The third-order valence-electron chi connectivity index (χ3n) is 2.83. The third-order valence-corrected chi connectivity index (χ3v) is 2.83. The molecule has 0 spiro atoms. The highest BCUT2D eigenvalue weighted by Gasteiger charge is 2.27. The molecular formula is C12H15N3O3. The Morgan fingerprint density at radius 3 is 2.94 bits per heavy atom. The fraction of sp³-hybridized carbons (Fsp3) is 0.333. The summed E-state index contributed by atoms with van der Waals surface area (Å²) >= 11 is 0. The van der Waals surface area contributed by atoms with Gasteiger partial charge in [-0.2, -0.15) is 0 Å². The second kappa shape index (κ2) is 4.95. The molecule has 2 amide bonds. The number of hydrogen-bond donors (Lipinski definition) is 3. The number of amides is 2. The Labute approximate surface area is 104 Å². The van der Waals surface area contributed by atoms with E-state index < -0.39 is 6.04 Å². The molecule has 1 atom stereocenters. The average Bonchev–Trinajstić information content (AvgIpc) is 2.79. The first-order valence-corrected chi connectivity index (χ1v) is 5.64. The van der Waals surface area contributed by atoms with Crippen molar-refractivity contribution in [1.29, 1.82) is 0 Å². The number of ether oxygens (including phenoxy) is 1. The normalized spacial score (nSPS) is 18.3. The molecule has 4 N–H and O–H groups in total. The van der Waals surface area contributed by atoms with E-state index in [9.17, 15) is 9.59 Å². The van der Waals surface area contributed by atoms with E-state index in [2.05, 4.69) is 10.6 Å². The number of hydrogen-bond acceptors (Lipinski definition) is 4. The Morgan fingerprint density at radius 1 is 1.56 bits per heavy atom. The van der Waals surface area contributed by atoms with Gasteiger partial charge in [-0.15, -0.1) is 0 Å². The molecule has 0 radical (unpaired) electrons. The van der Waals surface area contributed by atoms with Crippen molar-refractivity contribution in [3.05, 3.63) is 18.2 Å². The lowest BCUT2D eigenvalue weighted by atomic mass is 10.2. The molecule has 6 heteroatoms. The van der Waals surface area contributed by atoms with Crippen LogP contribution >= 0.6 is 0 Å². The van der Waals surface area contributed by atoms with Crippen molar-refractivity contribution in [2.45, 2.75) is 18.9 Å². The molecule has 1 saturated heterocycles. The molecule has 96 valence electrons. The number of nitrogens with two attached hydrogens (primary N) is 1. The zero-order chi connectivity index (χ0) is 13.1. The first-order chi connectivity index (χ1) is 8.60. The fourth-order valence-corrected chi connectivity index (χ4v) is 1.80. The maximum absolute atomic E-state index is 11.9. The van der Waals surface area contributed by atoms with Crippen LogP contribution in [0.25, 0.3) is 0 Å². The van der Waals surface area contributed by atoms with Crippen molar-refractivity contribution >= 4 is 23.2 Å². The molecule has 0 saturated carbocycles. The molecule has 0 aromatic heterocycles. The highest BCUT2D eigenvalue weighted by atomic mass is 16.5. The van der Waals surface area contributed by atoms with Crippen molar-refractivity contribution in [2.75, 3.05) is 18.2 Å². The van der Waals surface area contributed by atoms with E-state index in [1.165, 1.54) is 7.11 Å². The van der Waals surface area contributed by atoms with Crippen molar-refractivity contribution < 1.29 is 14.3 Å². The summed E-state index contributed by atoms with van der Waals surface area (Å²) in [5, 5.41) is 5.29. The quantitative estimate of drug-likeness (QED) is 0.680. The summed E-state index contributed by atoms with van der Waals surface area (Å²) in [5.41, 5.74) is 6.70. The van der Waals surface area contributed by atoms with Gasteiger partial charge in [-0.25, -0.2) is 0 Å². The predicted molar refractivity (Wildman–Crippen MR) is 67.2 cm³/mol. The highest BCUT2D eigenvalue weighted by Crippen LogP contribution is 2.24. The molecule has 1 aliphatic heterocycles. The number of nitrogen functional groups attached to an aromatic ring is 1. The molecule has 1 aromatic rings. The average molecular weight is 249 g/mol. The minimum absolute atomic E-state index is 0.103. The summed E-state index contributed by atoms with van der Waals surface area (Å²) in [6.45, 7) is 0. The van der Waals surface area contributed by atoms with Crippen LogP contribution in [0.5, 0.6) is 5.75 Å². The number of nitrogens with one attached hydrogen (secondary N) is 2. The molecule has 1 heterocycles. The zero-order valence-electron chi connectivity index (χ0n) is 10.0. The van der Waals surface area contributed by atoms with E-state index in [1.54, 1.807) is 18.2 Å². The van der Waals surface area contributed by atoms with Gasteiger partial charge in [-0.1, -0.05) is 0 Å². The minimum Gasteiger partial charge on any atom is -0.497 e. The van der Waals surface area contributed by atoms with Crippen LogP contribution in [0.2, 0.25) is 0 Å². The van der Waals surface area contributed by atoms with Crippen LogP contribution in [0.3, 0.4) is 0 Å². The van der Waals surface area contributed by atoms with Crippen molar-refractivity contribution in [2.24, 2.45) is 0 Å². The van der Waals surface area contributed by atoms with Crippen LogP contribution in [-0.2, 0) is 9.59 Å². The Kier molecular flexibility index (Phi) is 3.36. The number of anilines is 2. The Bertz CT molecular complexity index is 487. The van der Waals surface area contributed by atoms with Crippen LogP contribution in [0.1, 0.15) is 12.8 Å². The highest BCUT2D eigenvalue weighted by molar-refractivity contribution is 6.00. The maximum Gasteiger partial charge on any atom is 0.247 e. The topological polar surface area (TPSA) is 93.4 Å². The monoisotopic (exact) mass is 249 g/mol. The van der Waals surface area contributed by atoms with Crippen molar-refractivity contribution in [3.63, 3.8) is 0 Å². The van der Waals surface area contributed by atoms with Crippen LogP contribution in [-0.4, -0.2) is 25.0 Å². The summed E-state index contributed by atoms with van der Waals surface area (Å²) < 4.78 is 5.06. The Morgan fingerprint density at radius 2 is 2.33 bits per heavy atom. The molecule has 0 aliphatic carbocycles. The van der Waals surface area contributed by atoms with Gasteiger partial charge in [0.2, 0.25) is 11.8 Å². The molecule has 1 aliphatic rings. The summed E-state index contributed by atoms with van der Waals surface area (Å²) in [6.07, 6.45) is 0.889. The number of carbonyl (C=O) groups excluding carboxylic acids is 2. The van der Waals surface area contributed by atoms with E-state index in [1.807, 2.05) is 0 Å². The molecule has 18 heavy (non-hydrogen) atoms. The standard InChI is InChI=1S/C12H15N3O3/c1-18-7-2-3-8(13)10(6-7)15-12(17)9-4-5-11(16)14-9/h2-3,6,9H,4-5,13H2,1H3,(H,14,16)(H,15,17). The van der Waals surface area contributed by atoms with Gasteiger partial charge in [0.15, 0.2) is 0 Å². The zero-order valence-corrected chi connectivity index (χ0v) is 10.0. The lowest BCUT2D eigenvalue weighted by Gasteiger charge is -2.13. The number of carbonyl (C=O) groups is 2. The van der Waals surface area contributed by atoms with Crippen LogP contribution in [0, 0.1) is 0 Å². The fourth-order valence-electron chi connectivity index (χ4n) is 1.80. The smallest absolute Gasteiger partial charge is 0.247 e. The van der Waals surface area contributed by atoms with Crippen molar-refractivity contribution in [3.8, 4) is 5.75 Å². The third kappa shape index (κ3) is 2.53. The second-order valence-corrected chi connectivity index (χ2v) is 4.10. The summed E-state index contributed by atoms with van der Waals surface area (Å²) in [6, 6.07) is 4.52. The van der Waals surface area contributed by atoms with Crippen LogP contribution < -0.4 is 21.1 Å². The summed E-state index contributed by atoms with van der Waals surface area (Å²) in [7, 11) is 1.54. The second-order valence-electron chi connectivity index (χ2n) is 4.10. The maximum atomic E-state index is 11.9. The van der Waals surface area contributed by atoms with Gasteiger partial charge in [-0.3, -0.25) is 9.59 Å². The molecule has 6 nitrogen and oxygen atoms in total. The van der Waals surface area contributed by atoms with Crippen molar-refractivity contribution in [1.82, 2.24) is 5.32 Å². The molecule has 1 fully saturated rings. The summed E-state index contributed by atoms with van der Waals surface area (Å²) in [4.78, 5) is 22.9. The Balaban J connectivity index is 2.09. The van der Waals surface area contributed by atoms with E-state index in [-0.39, 0.29) is 11.8 Å². The SMILES string of the molecule is COc1ccc(N)c(NC(=O)C2CCC(=O)N2)c1. The van der Waals surface area contributed by atoms with Gasteiger partial charge < -0.3 is 21.1 Å². The molecule has 1 aromatic carbocycles. The van der Waals surface area contributed by atoms with Gasteiger partial charge in [-0.05, 0) is 18.6 Å². The van der Waals surface area contributed by atoms with Gasteiger partial charge in [0, 0.05) is 12.5 Å². The molecule has 2 rings (SSSR count). The Hall–Kier alpha value is -2.24. The lowest BCUT2D eigenvalue weighted by molar-refractivity contribution is -0.122. The molecule has 1 unspecified atom stereocenters. The van der Waals surface area contributed by atoms with E-state index in [0.29, 0.717) is 30.0 Å². The summed E-state index contributed by atoms with van der Waals surface area (Å²) in [5.74, 6) is 0.240. The predicted octanol–water partition coefficient (Wildman–Crippen LogP) is 0.494. The van der Waals surface area contributed by atoms with Gasteiger partial charge in [0.05, 0.1) is 18.5 Å². The first-order valence-electron chi connectivity index (χ1n) is 5.64. The largest absolute Gasteiger partial charge is 0.497 e. The van der Waals surface area contributed by atoms with Gasteiger partial charge >= 0.3 is 0 Å². The lowest BCUT2D eigenvalue weighted by Crippen LogP contribution is -2.37. The number of methoxy groups -OCH3 is 1. The van der Waals surface area contributed by atoms with Crippen LogP contribution in [0.15, 0.2) is 18.2 Å². The molecule has 0 bridgehead atoms. The van der Waals surface area contributed by atoms with E-state index in [4.69, 9.17) is 10.5 Å². The van der Waals surface area contributed by atoms with Crippen LogP contribution in [0.4, 0.5) is 11.4 Å². The minimum atomic E-state index is -0.483. The van der Waals surface area contributed by atoms with Gasteiger partial charge in [0.25, 0.3) is 0 Å². The number of benzene rings is 1. The van der Waals surface area contributed by atoms with E-state index >= 15 is 0 Å². The van der Waals surface area contributed by atoms with Gasteiger partial charge in [0.1, 0.15) is 11.8 Å². The molecular weight excluding hydrogens is 234 g/mol. The number of rotatable bonds is 3. The van der Waals surface area contributed by atoms with E-state index in [0.717, 1.165) is 0 Å².